The summed E-state index contributed by atoms with van der Waals surface area (Å²) in [5.41, 5.74) is 0.0275. The molecule has 1 heterocycles. The molecule has 0 radical (unpaired) electrons. The third-order valence-electron chi connectivity index (χ3n) is 2.32. The number of hydrogen-bond acceptors (Lipinski definition) is 3. The molecule has 90 valence electrons. The van der Waals surface area contributed by atoms with Crippen LogP contribution in [0.2, 0.25) is 5.02 Å². The van der Waals surface area contributed by atoms with Crippen LogP contribution in [0, 0.1) is 12.3 Å². The van der Waals surface area contributed by atoms with E-state index in [4.69, 9.17) is 23.1 Å². The number of terminal acetylenes is 1. The molecular formula is C12H13ClN2O2. The van der Waals surface area contributed by atoms with Gasteiger partial charge >= 0.3 is 5.97 Å². The van der Waals surface area contributed by atoms with E-state index in [0.717, 1.165) is 6.42 Å². The molecule has 0 aliphatic heterocycles. The summed E-state index contributed by atoms with van der Waals surface area (Å²) >= 11 is 5.95. The van der Waals surface area contributed by atoms with Crippen molar-refractivity contribution in [1.82, 2.24) is 4.98 Å². The number of pyridine rings is 1. The Morgan fingerprint density at radius 1 is 1.76 bits per heavy atom. The Bertz CT molecular complexity index is 454. The van der Waals surface area contributed by atoms with E-state index in [9.17, 15) is 4.79 Å². The summed E-state index contributed by atoms with van der Waals surface area (Å²) in [5.74, 6) is 1.82. The van der Waals surface area contributed by atoms with Crippen LogP contribution >= 0.6 is 11.6 Å². The van der Waals surface area contributed by atoms with Gasteiger partial charge in [-0.25, -0.2) is 9.78 Å². The Morgan fingerprint density at radius 3 is 3.00 bits per heavy atom. The molecule has 1 aromatic heterocycles. The van der Waals surface area contributed by atoms with E-state index < -0.39 is 5.97 Å². The van der Waals surface area contributed by atoms with Gasteiger partial charge in [0.1, 0.15) is 5.82 Å². The molecule has 0 fully saturated rings. The normalized spacial score (nSPS) is 11.6. The van der Waals surface area contributed by atoms with Gasteiger partial charge in [-0.3, -0.25) is 0 Å². The number of halogens is 1. The summed E-state index contributed by atoms with van der Waals surface area (Å²) in [5, 5.41) is 12.1. The minimum absolute atomic E-state index is 0.0275. The maximum atomic E-state index is 10.9. The summed E-state index contributed by atoms with van der Waals surface area (Å²) in [6.45, 7) is 1.98. The molecule has 0 saturated heterocycles. The molecular weight excluding hydrogens is 240 g/mol. The lowest BCUT2D eigenvalue weighted by Gasteiger charge is -2.16. The van der Waals surface area contributed by atoms with E-state index in [1.165, 1.54) is 12.3 Å². The van der Waals surface area contributed by atoms with Crippen molar-refractivity contribution in [2.75, 3.05) is 5.32 Å². The number of aromatic nitrogens is 1. The fourth-order valence-corrected chi connectivity index (χ4v) is 1.59. The number of hydrogen-bond donors (Lipinski definition) is 2. The van der Waals surface area contributed by atoms with Crippen molar-refractivity contribution < 1.29 is 9.90 Å². The Kier molecular flexibility index (Phi) is 4.80. The lowest BCUT2D eigenvalue weighted by atomic mass is 10.1. The quantitative estimate of drug-likeness (QED) is 0.791. The standard InChI is InChI=1S/C12H13ClN2O2/c1-3-5-8(4-2)15-11-10(13)9(12(16)17)6-7-14-11/h1,6-8H,4-5H2,2H3,(H,14,15)(H,16,17). The Morgan fingerprint density at radius 2 is 2.47 bits per heavy atom. The first-order valence-electron chi connectivity index (χ1n) is 5.18. The second-order valence-electron chi connectivity index (χ2n) is 3.48. The lowest BCUT2D eigenvalue weighted by Crippen LogP contribution is -2.19. The molecule has 1 aromatic rings. The van der Waals surface area contributed by atoms with E-state index in [0.29, 0.717) is 12.2 Å². The van der Waals surface area contributed by atoms with Crippen molar-refractivity contribution in [2.24, 2.45) is 0 Å². The highest BCUT2D eigenvalue weighted by molar-refractivity contribution is 6.35. The number of nitrogens with one attached hydrogen (secondary N) is 1. The Hall–Kier alpha value is -1.73. The van der Waals surface area contributed by atoms with Crippen LogP contribution in [-0.2, 0) is 0 Å². The van der Waals surface area contributed by atoms with Gasteiger partial charge in [-0.15, -0.1) is 12.3 Å². The average molecular weight is 253 g/mol. The molecule has 5 heteroatoms. The highest BCUT2D eigenvalue weighted by atomic mass is 35.5. The maximum absolute atomic E-state index is 10.9. The van der Waals surface area contributed by atoms with Crippen molar-refractivity contribution in [2.45, 2.75) is 25.8 Å². The average Bonchev–Trinajstić information content (AvgIpc) is 2.30. The third-order valence-corrected chi connectivity index (χ3v) is 2.70. The molecule has 0 aromatic carbocycles. The van der Waals surface area contributed by atoms with Crippen molar-refractivity contribution in [1.29, 1.82) is 0 Å². The number of aromatic carboxylic acids is 1. The van der Waals surface area contributed by atoms with Crippen LogP contribution in [-0.4, -0.2) is 22.1 Å². The molecule has 0 saturated carbocycles. The predicted octanol–water partition coefficient (Wildman–Crippen LogP) is 2.65. The highest BCUT2D eigenvalue weighted by Crippen LogP contribution is 2.24. The second kappa shape index (κ2) is 6.12. The van der Waals surface area contributed by atoms with E-state index in [1.807, 2.05) is 6.92 Å². The van der Waals surface area contributed by atoms with Crippen molar-refractivity contribution >= 4 is 23.4 Å². The van der Waals surface area contributed by atoms with Gasteiger partial charge in [0, 0.05) is 18.7 Å². The fourth-order valence-electron chi connectivity index (χ4n) is 1.34. The molecule has 4 nitrogen and oxygen atoms in total. The molecule has 0 aliphatic rings. The first-order chi connectivity index (χ1) is 8.10. The minimum atomic E-state index is -1.08. The van der Waals surface area contributed by atoms with Gasteiger partial charge in [-0.2, -0.15) is 0 Å². The van der Waals surface area contributed by atoms with Gasteiger partial charge < -0.3 is 10.4 Å². The van der Waals surface area contributed by atoms with Crippen molar-refractivity contribution in [3.8, 4) is 12.3 Å². The monoisotopic (exact) mass is 252 g/mol. The Labute approximate surface area is 105 Å². The van der Waals surface area contributed by atoms with E-state index in [2.05, 4.69) is 16.2 Å². The smallest absolute Gasteiger partial charge is 0.337 e. The van der Waals surface area contributed by atoms with Crippen LogP contribution in [0.1, 0.15) is 30.1 Å². The number of carboxylic acids is 1. The van der Waals surface area contributed by atoms with Gasteiger partial charge in [-0.05, 0) is 12.5 Å². The molecule has 0 aliphatic carbocycles. The zero-order valence-electron chi connectivity index (χ0n) is 9.40. The predicted molar refractivity (Wildman–Crippen MR) is 67.4 cm³/mol. The molecule has 1 unspecified atom stereocenters. The van der Waals surface area contributed by atoms with Crippen molar-refractivity contribution in [3.63, 3.8) is 0 Å². The molecule has 1 rings (SSSR count). The fraction of sp³-hybridized carbons (Fsp3) is 0.333. The van der Waals surface area contributed by atoms with Gasteiger partial charge in [0.15, 0.2) is 0 Å². The van der Waals surface area contributed by atoms with Gasteiger partial charge in [0.05, 0.1) is 10.6 Å². The summed E-state index contributed by atoms with van der Waals surface area (Å²) in [4.78, 5) is 14.9. The highest BCUT2D eigenvalue weighted by Gasteiger charge is 2.15. The van der Waals surface area contributed by atoms with E-state index >= 15 is 0 Å². The van der Waals surface area contributed by atoms with Crippen molar-refractivity contribution in [3.05, 3.63) is 22.8 Å². The van der Waals surface area contributed by atoms with Crippen LogP contribution in [0.4, 0.5) is 5.82 Å². The van der Waals surface area contributed by atoms with E-state index in [1.54, 1.807) is 0 Å². The molecule has 0 bridgehead atoms. The summed E-state index contributed by atoms with van der Waals surface area (Å²) in [7, 11) is 0. The van der Waals surface area contributed by atoms with Crippen LogP contribution in [0.3, 0.4) is 0 Å². The van der Waals surface area contributed by atoms with Crippen LogP contribution in [0.5, 0.6) is 0 Å². The molecule has 1 atom stereocenters. The number of rotatable bonds is 5. The second-order valence-corrected chi connectivity index (χ2v) is 3.86. The minimum Gasteiger partial charge on any atom is -0.478 e. The Balaban J connectivity index is 2.95. The van der Waals surface area contributed by atoms with Crippen LogP contribution < -0.4 is 5.32 Å². The molecule has 17 heavy (non-hydrogen) atoms. The number of anilines is 1. The SMILES string of the molecule is C#CCC(CC)Nc1nccc(C(=O)O)c1Cl. The van der Waals surface area contributed by atoms with Crippen LogP contribution in [0.25, 0.3) is 0 Å². The first-order valence-corrected chi connectivity index (χ1v) is 5.55. The molecule has 0 spiro atoms. The molecule has 0 amide bonds. The topological polar surface area (TPSA) is 62.2 Å². The van der Waals surface area contributed by atoms with Gasteiger partial charge in [0.25, 0.3) is 0 Å². The lowest BCUT2D eigenvalue weighted by molar-refractivity contribution is 0.0697. The summed E-state index contributed by atoms with van der Waals surface area (Å²) < 4.78 is 0. The summed E-state index contributed by atoms with van der Waals surface area (Å²) in [6, 6.07) is 1.40. The zero-order valence-corrected chi connectivity index (χ0v) is 10.2. The van der Waals surface area contributed by atoms with Gasteiger partial charge in [0.2, 0.25) is 0 Å². The van der Waals surface area contributed by atoms with E-state index in [-0.39, 0.29) is 16.6 Å². The first kappa shape index (κ1) is 13.3. The zero-order chi connectivity index (χ0) is 12.8. The number of carbonyl (C=O) groups is 1. The van der Waals surface area contributed by atoms with Gasteiger partial charge in [-0.1, -0.05) is 18.5 Å². The summed E-state index contributed by atoms with van der Waals surface area (Å²) in [6.07, 6.45) is 7.98. The largest absolute Gasteiger partial charge is 0.478 e. The number of nitrogens with zero attached hydrogens (tertiary/aromatic N) is 1. The maximum Gasteiger partial charge on any atom is 0.337 e. The third kappa shape index (κ3) is 3.36. The number of carboxylic acid groups (broad SMARTS) is 1. The van der Waals surface area contributed by atoms with Crippen LogP contribution in [0.15, 0.2) is 12.3 Å². The molecule has 2 N–H and O–H groups in total.